The van der Waals surface area contributed by atoms with Gasteiger partial charge in [-0.15, -0.1) is 0 Å². The van der Waals surface area contributed by atoms with Crippen molar-refractivity contribution in [1.29, 1.82) is 0 Å². The van der Waals surface area contributed by atoms with E-state index in [0.29, 0.717) is 29.4 Å². The molecule has 5 heteroatoms. The van der Waals surface area contributed by atoms with Gasteiger partial charge in [-0.05, 0) is 31.8 Å². The van der Waals surface area contributed by atoms with E-state index in [1.807, 2.05) is 0 Å². The Hall–Kier alpha value is -0.130. The minimum atomic E-state index is -2.80. The molecule has 1 N–H and O–H groups in total. The lowest BCUT2D eigenvalue weighted by molar-refractivity contribution is 0.143. The Morgan fingerprint density at radius 2 is 1.84 bits per heavy atom. The van der Waals surface area contributed by atoms with Crippen molar-refractivity contribution >= 4 is 9.84 Å². The number of rotatable bonds is 7. The first-order chi connectivity index (χ1) is 8.73. The Balaban J connectivity index is 2.56. The number of hydrogen-bond acceptors (Lipinski definition) is 4. The fourth-order valence-electron chi connectivity index (χ4n) is 2.74. The normalized spacial score (nSPS) is 24.5. The quantitative estimate of drug-likeness (QED) is 0.769. The van der Waals surface area contributed by atoms with Gasteiger partial charge in [0, 0.05) is 18.6 Å². The predicted octanol–water partition coefficient (Wildman–Crippen LogP) is 1.38. The second kappa shape index (κ2) is 7.04. The minimum Gasteiger partial charge on any atom is -0.315 e. The van der Waals surface area contributed by atoms with Crippen LogP contribution >= 0.6 is 0 Å². The molecule has 0 aliphatic carbocycles. The van der Waals surface area contributed by atoms with Crippen LogP contribution in [0.1, 0.15) is 34.1 Å². The molecule has 2 atom stereocenters. The Labute approximate surface area is 118 Å². The summed E-state index contributed by atoms with van der Waals surface area (Å²) in [6.07, 6.45) is 0.784. The lowest BCUT2D eigenvalue weighted by Crippen LogP contribution is -2.49. The van der Waals surface area contributed by atoms with E-state index in [2.05, 4.69) is 45.0 Å². The molecule has 1 aliphatic heterocycles. The van der Waals surface area contributed by atoms with E-state index < -0.39 is 9.84 Å². The van der Waals surface area contributed by atoms with Crippen molar-refractivity contribution in [2.24, 2.45) is 11.8 Å². The van der Waals surface area contributed by atoms with Crippen LogP contribution in [-0.2, 0) is 9.84 Å². The van der Waals surface area contributed by atoms with Gasteiger partial charge in [-0.1, -0.05) is 27.7 Å². The number of sulfone groups is 1. The van der Waals surface area contributed by atoms with Crippen molar-refractivity contribution in [3.63, 3.8) is 0 Å². The highest BCUT2D eigenvalue weighted by Gasteiger charge is 2.34. The van der Waals surface area contributed by atoms with Gasteiger partial charge in [-0.3, -0.25) is 4.90 Å². The Morgan fingerprint density at radius 1 is 1.21 bits per heavy atom. The third-order valence-electron chi connectivity index (χ3n) is 3.98. The maximum Gasteiger partial charge on any atom is 0.151 e. The molecule has 1 fully saturated rings. The van der Waals surface area contributed by atoms with E-state index in [0.717, 1.165) is 19.5 Å². The number of likely N-dealkylation sites (N-methyl/N-ethyl adjacent to an activating group) is 1. The van der Waals surface area contributed by atoms with Crippen molar-refractivity contribution in [2.75, 3.05) is 31.6 Å². The minimum absolute atomic E-state index is 0.193. The zero-order chi connectivity index (χ0) is 14.6. The summed E-state index contributed by atoms with van der Waals surface area (Å²) in [4.78, 5) is 2.28. The topological polar surface area (TPSA) is 49.4 Å². The summed E-state index contributed by atoms with van der Waals surface area (Å²) in [5.41, 5.74) is 0. The van der Waals surface area contributed by atoms with Gasteiger partial charge in [0.25, 0.3) is 0 Å². The van der Waals surface area contributed by atoms with Crippen LogP contribution < -0.4 is 5.32 Å². The van der Waals surface area contributed by atoms with Crippen LogP contribution in [0, 0.1) is 11.8 Å². The van der Waals surface area contributed by atoms with E-state index in [9.17, 15) is 8.42 Å². The molecule has 0 aromatic carbocycles. The van der Waals surface area contributed by atoms with Gasteiger partial charge < -0.3 is 5.32 Å². The van der Waals surface area contributed by atoms with Crippen LogP contribution in [0.3, 0.4) is 0 Å². The fraction of sp³-hybridized carbons (Fsp3) is 1.00. The Kier molecular flexibility index (Phi) is 6.27. The van der Waals surface area contributed by atoms with Crippen molar-refractivity contribution in [3.8, 4) is 0 Å². The van der Waals surface area contributed by atoms with Gasteiger partial charge >= 0.3 is 0 Å². The van der Waals surface area contributed by atoms with E-state index in [1.54, 1.807) is 0 Å². The monoisotopic (exact) mass is 290 g/mol. The molecule has 0 spiro atoms. The van der Waals surface area contributed by atoms with E-state index in [1.165, 1.54) is 0 Å². The molecular weight excluding hydrogens is 260 g/mol. The molecule has 0 amide bonds. The molecule has 0 radical (unpaired) electrons. The molecule has 19 heavy (non-hydrogen) atoms. The Morgan fingerprint density at radius 3 is 2.26 bits per heavy atom. The molecule has 1 heterocycles. The van der Waals surface area contributed by atoms with Crippen LogP contribution in [0.4, 0.5) is 0 Å². The van der Waals surface area contributed by atoms with Crippen molar-refractivity contribution in [1.82, 2.24) is 10.2 Å². The molecule has 1 rings (SSSR count). The maximum atomic E-state index is 11.6. The summed E-state index contributed by atoms with van der Waals surface area (Å²) >= 11 is 0. The van der Waals surface area contributed by atoms with Gasteiger partial charge in [0.15, 0.2) is 9.84 Å². The van der Waals surface area contributed by atoms with Crippen LogP contribution in [0.15, 0.2) is 0 Å². The van der Waals surface area contributed by atoms with Gasteiger partial charge in [-0.2, -0.15) is 0 Å². The molecule has 0 bridgehead atoms. The first-order valence-corrected chi connectivity index (χ1v) is 9.18. The second-order valence-corrected chi connectivity index (χ2v) is 8.81. The fourth-order valence-corrected chi connectivity index (χ4v) is 4.52. The highest BCUT2D eigenvalue weighted by atomic mass is 32.2. The van der Waals surface area contributed by atoms with E-state index in [-0.39, 0.29) is 6.04 Å². The SMILES string of the molecule is CC(C)CNCC(C(C)C)N(C)C1CCS(=O)(=O)C1. The van der Waals surface area contributed by atoms with E-state index in [4.69, 9.17) is 0 Å². The van der Waals surface area contributed by atoms with Gasteiger partial charge in [-0.25, -0.2) is 8.42 Å². The summed E-state index contributed by atoms with van der Waals surface area (Å²) in [5.74, 6) is 1.85. The first kappa shape index (κ1) is 16.9. The number of nitrogens with one attached hydrogen (secondary N) is 1. The highest BCUT2D eigenvalue weighted by molar-refractivity contribution is 7.91. The number of hydrogen-bond donors (Lipinski definition) is 1. The molecule has 1 saturated heterocycles. The van der Waals surface area contributed by atoms with E-state index >= 15 is 0 Å². The molecule has 114 valence electrons. The zero-order valence-electron chi connectivity index (χ0n) is 13.0. The van der Waals surface area contributed by atoms with Crippen LogP contribution in [0.5, 0.6) is 0 Å². The van der Waals surface area contributed by atoms with Crippen LogP contribution in [-0.4, -0.2) is 57.0 Å². The molecule has 1 aliphatic rings. The molecule has 0 aromatic rings. The van der Waals surface area contributed by atoms with Crippen molar-refractivity contribution in [2.45, 2.75) is 46.2 Å². The van der Waals surface area contributed by atoms with Gasteiger partial charge in [0.2, 0.25) is 0 Å². The summed E-state index contributed by atoms with van der Waals surface area (Å²) in [6.45, 7) is 10.8. The van der Waals surface area contributed by atoms with Gasteiger partial charge in [0.1, 0.15) is 0 Å². The zero-order valence-corrected chi connectivity index (χ0v) is 13.8. The summed E-state index contributed by atoms with van der Waals surface area (Å²) in [6, 6.07) is 0.593. The third kappa shape index (κ3) is 5.40. The standard InChI is InChI=1S/C14H30N2O2S/c1-11(2)8-15-9-14(12(3)4)16(5)13-6-7-19(17,18)10-13/h11-15H,6-10H2,1-5H3. The summed E-state index contributed by atoms with van der Waals surface area (Å²) in [5, 5.41) is 3.50. The third-order valence-corrected chi connectivity index (χ3v) is 5.73. The van der Waals surface area contributed by atoms with Crippen LogP contribution in [0.2, 0.25) is 0 Å². The van der Waals surface area contributed by atoms with Gasteiger partial charge in [0.05, 0.1) is 11.5 Å². The summed E-state index contributed by atoms with van der Waals surface area (Å²) < 4.78 is 23.2. The molecule has 0 aromatic heterocycles. The lowest BCUT2D eigenvalue weighted by Gasteiger charge is -2.35. The smallest absolute Gasteiger partial charge is 0.151 e. The molecule has 2 unspecified atom stereocenters. The van der Waals surface area contributed by atoms with Crippen LogP contribution in [0.25, 0.3) is 0 Å². The predicted molar refractivity (Wildman–Crippen MR) is 81.2 cm³/mol. The first-order valence-electron chi connectivity index (χ1n) is 7.36. The average Bonchev–Trinajstić information content (AvgIpc) is 2.63. The Bertz CT molecular complexity index is 366. The molecule has 0 saturated carbocycles. The molecular formula is C14H30N2O2S. The maximum absolute atomic E-state index is 11.6. The van der Waals surface area contributed by atoms with Crippen molar-refractivity contribution in [3.05, 3.63) is 0 Å². The lowest BCUT2D eigenvalue weighted by atomic mass is 10.0. The highest BCUT2D eigenvalue weighted by Crippen LogP contribution is 2.21. The number of nitrogens with zero attached hydrogens (tertiary/aromatic N) is 1. The largest absolute Gasteiger partial charge is 0.315 e. The van der Waals surface area contributed by atoms with Crippen molar-refractivity contribution < 1.29 is 8.42 Å². The average molecular weight is 290 g/mol. The summed E-state index contributed by atoms with van der Waals surface area (Å²) in [7, 11) is -0.719. The molecule has 4 nitrogen and oxygen atoms in total. The second-order valence-electron chi connectivity index (χ2n) is 6.59.